The molecule has 0 radical (unpaired) electrons. The number of aliphatic hydroxyl groups excluding tert-OH is 1. The highest BCUT2D eigenvalue weighted by Crippen LogP contribution is 2.28. The molecule has 0 bridgehead atoms. The molecular formula is C18H35NO. The topological polar surface area (TPSA) is 23.5 Å². The normalized spacial score (nSPS) is 31.9. The maximum absolute atomic E-state index is 10.6. The average Bonchev–Trinajstić information content (AvgIpc) is 2.96. The van der Waals surface area contributed by atoms with Gasteiger partial charge in [0.25, 0.3) is 0 Å². The molecule has 0 saturated heterocycles. The summed E-state index contributed by atoms with van der Waals surface area (Å²) in [5.74, 6) is 0. The zero-order valence-corrected chi connectivity index (χ0v) is 13.5. The van der Waals surface area contributed by atoms with Gasteiger partial charge in [-0.05, 0) is 32.7 Å². The van der Waals surface area contributed by atoms with Crippen molar-refractivity contribution in [2.24, 2.45) is 0 Å². The lowest BCUT2D eigenvalue weighted by Gasteiger charge is -2.36. The van der Waals surface area contributed by atoms with E-state index in [2.05, 4.69) is 11.9 Å². The Kier molecular flexibility index (Phi) is 7.37. The number of likely N-dealkylation sites (N-methyl/N-ethyl adjacent to an activating group) is 1. The van der Waals surface area contributed by atoms with Crippen LogP contribution in [0.15, 0.2) is 0 Å². The van der Waals surface area contributed by atoms with E-state index in [9.17, 15) is 5.11 Å². The monoisotopic (exact) mass is 281 g/mol. The first kappa shape index (κ1) is 16.3. The standard InChI is InChI=1S/C18H35NO/c1-19(16-12-10-11-13-16)17-14-8-6-4-2-3-5-7-9-15-18(17)20/h16-18,20H,2-15H2,1H3. The molecule has 2 aliphatic rings. The van der Waals surface area contributed by atoms with Crippen molar-refractivity contribution in [1.82, 2.24) is 4.90 Å². The largest absolute Gasteiger partial charge is 0.391 e. The minimum Gasteiger partial charge on any atom is -0.391 e. The van der Waals surface area contributed by atoms with Crippen molar-refractivity contribution in [2.45, 2.75) is 108 Å². The highest BCUT2D eigenvalue weighted by molar-refractivity contribution is 4.85. The van der Waals surface area contributed by atoms with E-state index in [1.807, 2.05) is 0 Å². The Morgan fingerprint density at radius 2 is 1.10 bits per heavy atom. The fraction of sp³-hybridized carbons (Fsp3) is 1.00. The summed E-state index contributed by atoms with van der Waals surface area (Å²) in [4.78, 5) is 2.55. The van der Waals surface area contributed by atoms with Crippen LogP contribution in [0.4, 0.5) is 0 Å². The fourth-order valence-corrected chi connectivity index (χ4v) is 4.21. The number of hydrogen-bond acceptors (Lipinski definition) is 2. The molecule has 0 aromatic carbocycles. The predicted octanol–water partition coefficient (Wildman–Crippen LogP) is 4.50. The maximum atomic E-state index is 10.6. The van der Waals surface area contributed by atoms with Crippen molar-refractivity contribution in [1.29, 1.82) is 0 Å². The molecule has 2 nitrogen and oxygen atoms in total. The molecule has 2 heteroatoms. The predicted molar refractivity (Wildman–Crippen MR) is 86.0 cm³/mol. The lowest BCUT2D eigenvalue weighted by Crippen LogP contribution is -2.46. The maximum Gasteiger partial charge on any atom is 0.0695 e. The molecule has 20 heavy (non-hydrogen) atoms. The van der Waals surface area contributed by atoms with Gasteiger partial charge in [-0.15, -0.1) is 0 Å². The van der Waals surface area contributed by atoms with Crippen LogP contribution in [0.3, 0.4) is 0 Å². The van der Waals surface area contributed by atoms with Crippen LogP contribution in [0.25, 0.3) is 0 Å². The molecule has 0 aromatic heterocycles. The Balaban J connectivity index is 1.89. The quantitative estimate of drug-likeness (QED) is 0.805. The fourth-order valence-electron chi connectivity index (χ4n) is 4.21. The minimum atomic E-state index is -0.0972. The molecule has 2 rings (SSSR count). The van der Waals surface area contributed by atoms with E-state index < -0.39 is 0 Å². The molecule has 0 heterocycles. The van der Waals surface area contributed by atoms with Gasteiger partial charge in [0.15, 0.2) is 0 Å². The Bertz CT molecular complexity index is 250. The van der Waals surface area contributed by atoms with Crippen LogP contribution in [-0.2, 0) is 0 Å². The molecule has 0 aliphatic heterocycles. The lowest BCUT2D eigenvalue weighted by molar-refractivity contribution is 0.0285. The van der Waals surface area contributed by atoms with Gasteiger partial charge in [-0.25, -0.2) is 0 Å². The molecular weight excluding hydrogens is 246 g/mol. The van der Waals surface area contributed by atoms with Gasteiger partial charge in [0.1, 0.15) is 0 Å². The Morgan fingerprint density at radius 1 is 0.650 bits per heavy atom. The Hall–Kier alpha value is -0.0800. The molecule has 2 atom stereocenters. The summed E-state index contributed by atoms with van der Waals surface area (Å²) in [5, 5.41) is 10.6. The lowest BCUT2D eigenvalue weighted by atomic mass is 9.94. The van der Waals surface area contributed by atoms with E-state index in [1.165, 1.54) is 83.5 Å². The molecule has 2 aliphatic carbocycles. The summed E-state index contributed by atoms with van der Waals surface area (Å²) in [5.41, 5.74) is 0. The smallest absolute Gasteiger partial charge is 0.0695 e. The van der Waals surface area contributed by atoms with Gasteiger partial charge in [0.2, 0.25) is 0 Å². The van der Waals surface area contributed by atoms with E-state index in [1.54, 1.807) is 0 Å². The first-order chi connectivity index (χ1) is 9.79. The summed E-state index contributed by atoms with van der Waals surface area (Å²) >= 11 is 0. The van der Waals surface area contributed by atoms with Crippen molar-refractivity contribution < 1.29 is 5.11 Å². The zero-order chi connectivity index (χ0) is 14.2. The Labute approximate surface area is 125 Å². The van der Waals surface area contributed by atoms with Crippen LogP contribution in [-0.4, -0.2) is 35.2 Å². The van der Waals surface area contributed by atoms with E-state index in [-0.39, 0.29) is 6.10 Å². The van der Waals surface area contributed by atoms with Crippen LogP contribution in [0.5, 0.6) is 0 Å². The number of aliphatic hydroxyl groups is 1. The van der Waals surface area contributed by atoms with Gasteiger partial charge in [0, 0.05) is 12.1 Å². The second-order valence-corrected chi connectivity index (χ2v) is 7.14. The SMILES string of the molecule is CN(C1CCCC1)C1CCCCCCCCCCC1O. The number of hydrogen-bond donors (Lipinski definition) is 1. The average molecular weight is 281 g/mol. The van der Waals surface area contributed by atoms with Crippen LogP contribution >= 0.6 is 0 Å². The molecule has 2 unspecified atom stereocenters. The second-order valence-electron chi connectivity index (χ2n) is 7.14. The molecule has 0 aromatic rings. The van der Waals surface area contributed by atoms with Crippen LogP contribution < -0.4 is 0 Å². The van der Waals surface area contributed by atoms with Gasteiger partial charge in [-0.2, -0.15) is 0 Å². The third-order valence-corrected chi connectivity index (χ3v) is 5.62. The summed E-state index contributed by atoms with van der Waals surface area (Å²) in [6, 6.07) is 1.15. The molecule has 2 saturated carbocycles. The van der Waals surface area contributed by atoms with Crippen LogP contribution in [0.1, 0.15) is 89.9 Å². The van der Waals surface area contributed by atoms with Crippen molar-refractivity contribution in [3.63, 3.8) is 0 Å². The number of nitrogens with zero attached hydrogens (tertiary/aromatic N) is 1. The third-order valence-electron chi connectivity index (χ3n) is 5.62. The van der Waals surface area contributed by atoms with Crippen molar-refractivity contribution in [2.75, 3.05) is 7.05 Å². The van der Waals surface area contributed by atoms with Gasteiger partial charge < -0.3 is 5.11 Å². The first-order valence-electron chi connectivity index (χ1n) is 9.19. The van der Waals surface area contributed by atoms with Crippen molar-refractivity contribution in [3.05, 3.63) is 0 Å². The van der Waals surface area contributed by atoms with Crippen molar-refractivity contribution >= 4 is 0 Å². The molecule has 118 valence electrons. The summed E-state index contributed by atoms with van der Waals surface area (Å²) in [6.07, 6.45) is 18.4. The van der Waals surface area contributed by atoms with E-state index in [0.29, 0.717) is 6.04 Å². The zero-order valence-electron chi connectivity index (χ0n) is 13.5. The van der Waals surface area contributed by atoms with Crippen LogP contribution in [0.2, 0.25) is 0 Å². The number of rotatable bonds is 2. The highest BCUT2D eigenvalue weighted by Gasteiger charge is 2.29. The first-order valence-corrected chi connectivity index (χ1v) is 9.19. The van der Waals surface area contributed by atoms with Gasteiger partial charge in [-0.3, -0.25) is 4.90 Å². The summed E-state index contributed by atoms with van der Waals surface area (Å²) in [6.45, 7) is 0. The van der Waals surface area contributed by atoms with Gasteiger partial charge in [0.05, 0.1) is 6.10 Å². The summed E-state index contributed by atoms with van der Waals surface area (Å²) in [7, 11) is 2.27. The minimum absolute atomic E-state index is 0.0972. The molecule has 0 spiro atoms. The summed E-state index contributed by atoms with van der Waals surface area (Å²) < 4.78 is 0. The van der Waals surface area contributed by atoms with Gasteiger partial charge in [-0.1, -0.05) is 64.2 Å². The second kappa shape index (κ2) is 9.04. The molecule has 2 fully saturated rings. The molecule has 1 N–H and O–H groups in total. The third kappa shape index (κ3) is 5.04. The van der Waals surface area contributed by atoms with E-state index in [0.717, 1.165) is 12.5 Å². The highest BCUT2D eigenvalue weighted by atomic mass is 16.3. The Morgan fingerprint density at radius 3 is 1.70 bits per heavy atom. The van der Waals surface area contributed by atoms with Crippen LogP contribution in [0, 0.1) is 0 Å². The van der Waals surface area contributed by atoms with Gasteiger partial charge >= 0.3 is 0 Å². The van der Waals surface area contributed by atoms with Crippen molar-refractivity contribution in [3.8, 4) is 0 Å². The van der Waals surface area contributed by atoms with E-state index in [4.69, 9.17) is 0 Å². The molecule has 0 amide bonds. The van der Waals surface area contributed by atoms with E-state index >= 15 is 0 Å².